The van der Waals surface area contributed by atoms with Gasteiger partial charge in [0.1, 0.15) is 0 Å². The van der Waals surface area contributed by atoms with E-state index in [4.69, 9.17) is 0 Å². The van der Waals surface area contributed by atoms with Crippen LogP contribution in [-0.2, 0) is 17.6 Å². The smallest absolute Gasteiger partial charge is 0.310 e. The minimum atomic E-state index is -0.684. The van der Waals surface area contributed by atoms with Crippen LogP contribution in [0.25, 0.3) is 5.57 Å². The molecule has 2 aliphatic rings. The van der Waals surface area contributed by atoms with E-state index < -0.39 is 5.97 Å². The van der Waals surface area contributed by atoms with Gasteiger partial charge in [0.2, 0.25) is 0 Å². The molecule has 2 nitrogen and oxygen atoms in total. The normalized spacial score (nSPS) is 22.4. The van der Waals surface area contributed by atoms with Crippen LogP contribution in [0.15, 0.2) is 24.3 Å². The quantitative estimate of drug-likeness (QED) is 0.862. The van der Waals surface area contributed by atoms with Crippen molar-refractivity contribution in [2.75, 3.05) is 0 Å². The molecule has 0 bridgehead atoms. The van der Waals surface area contributed by atoms with E-state index in [0.717, 1.165) is 30.4 Å². The summed E-state index contributed by atoms with van der Waals surface area (Å²) in [6.45, 7) is 0. The number of benzene rings is 1. The summed E-state index contributed by atoms with van der Waals surface area (Å²) in [5.74, 6) is -0.983. The summed E-state index contributed by atoms with van der Waals surface area (Å²) >= 11 is 0. The number of carboxylic acid groups (broad SMARTS) is 1. The molecule has 1 atom stereocenters. The van der Waals surface area contributed by atoms with Crippen molar-refractivity contribution >= 4 is 11.5 Å². The number of carboxylic acids is 1. The highest BCUT2D eigenvalue weighted by molar-refractivity contribution is 5.88. The monoisotopic (exact) mass is 242 g/mol. The highest BCUT2D eigenvalue weighted by atomic mass is 16.4. The zero-order chi connectivity index (χ0) is 12.5. The molecule has 1 N–H and O–H groups in total. The van der Waals surface area contributed by atoms with Gasteiger partial charge in [-0.1, -0.05) is 24.3 Å². The van der Waals surface area contributed by atoms with Crippen LogP contribution in [0.2, 0.25) is 0 Å². The Morgan fingerprint density at radius 1 is 1.17 bits per heavy atom. The lowest BCUT2D eigenvalue weighted by Crippen LogP contribution is -2.12. The van der Waals surface area contributed by atoms with Gasteiger partial charge in [-0.05, 0) is 60.8 Å². The third kappa shape index (κ3) is 1.96. The zero-order valence-corrected chi connectivity index (χ0v) is 10.5. The second kappa shape index (κ2) is 4.60. The molecule has 2 heteroatoms. The molecule has 0 radical (unpaired) electrons. The lowest BCUT2D eigenvalue weighted by molar-refractivity contribution is -0.139. The van der Waals surface area contributed by atoms with E-state index in [-0.39, 0.29) is 5.92 Å². The molecule has 18 heavy (non-hydrogen) atoms. The van der Waals surface area contributed by atoms with Gasteiger partial charge in [0.15, 0.2) is 0 Å². The Balaban J connectivity index is 1.95. The van der Waals surface area contributed by atoms with Crippen LogP contribution < -0.4 is 0 Å². The van der Waals surface area contributed by atoms with Gasteiger partial charge in [-0.3, -0.25) is 4.79 Å². The molecular weight excluding hydrogens is 224 g/mol. The van der Waals surface area contributed by atoms with E-state index in [9.17, 15) is 9.90 Å². The summed E-state index contributed by atoms with van der Waals surface area (Å²) in [6.07, 6.45) is 8.62. The lowest BCUT2D eigenvalue weighted by Gasteiger charge is -2.18. The molecule has 0 aromatic heterocycles. The lowest BCUT2D eigenvalue weighted by atomic mass is 9.87. The fourth-order valence-electron chi connectivity index (χ4n) is 3.19. The van der Waals surface area contributed by atoms with Gasteiger partial charge in [-0.25, -0.2) is 0 Å². The average molecular weight is 242 g/mol. The first-order chi connectivity index (χ1) is 8.75. The van der Waals surface area contributed by atoms with Crippen molar-refractivity contribution in [3.8, 4) is 0 Å². The number of fused-ring (bicyclic) bond motifs is 1. The Hall–Kier alpha value is -1.57. The number of aryl methyl sites for hydroxylation is 2. The van der Waals surface area contributed by atoms with Crippen molar-refractivity contribution < 1.29 is 9.90 Å². The molecular formula is C16H18O2. The summed E-state index contributed by atoms with van der Waals surface area (Å²) in [7, 11) is 0. The van der Waals surface area contributed by atoms with Gasteiger partial charge >= 0.3 is 5.97 Å². The Morgan fingerprint density at radius 2 is 1.94 bits per heavy atom. The molecule has 0 aliphatic heterocycles. The predicted octanol–water partition coefficient (Wildman–Crippen LogP) is 3.44. The molecule has 0 spiro atoms. The summed E-state index contributed by atoms with van der Waals surface area (Å²) in [4.78, 5) is 11.2. The first kappa shape index (κ1) is 11.5. The van der Waals surface area contributed by atoms with E-state index in [1.807, 2.05) is 0 Å². The molecule has 1 aromatic carbocycles. The molecule has 1 aromatic rings. The van der Waals surface area contributed by atoms with Crippen molar-refractivity contribution in [1.82, 2.24) is 0 Å². The Morgan fingerprint density at radius 3 is 2.72 bits per heavy atom. The number of hydrogen-bond donors (Lipinski definition) is 1. The highest BCUT2D eigenvalue weighted by Crippen LogP contribution is 2.35. The number of carbonyl (C=O) groups is 1. The van der Waals surface area contributed by atoms with Crippen molar-refractivity contribution in [1.29, 1.82) is 0 Å². The van der Waals surface area contributed by atoms with Crippen LogP contribution in [0.5, 0.6) is 0 Å². The van der Waals surface area contributed by atoms with Gasteiger partial charge in [0, 0.05) is 0 Å². The molecule has 1 unspecified atom stereocenters. The first-order valence-corrected chi connectivity index (χ1v) is 6.81. The van der Waals surface area contributed by atoms with Gasteiger partial charge in [-0.15, -0.1) is 0 Å². The molecule has 0 amide bonds. The molecule has 0 saturated heterocycles. The van der Waals surface area contributed by atoms with E-state index >= 15 is 0 Å². The molecule has 0 heterocycles. The van der Waals surface area contributed by atoms with E-state index in [1.165, 1.54) is 30.4 Å². The third-order valence-electron chi connectivity index (χ3n) is 4.17. The minimum Gasteiger partial charge on any atom is -0.481 e. The fourth-order valence-corrected chi connectivity index (χ4v) is 3.19. The van der Waals surface area contributed by atoms with Crippen LogP contribution in [0.1, 0.15) is 42.4 Å². The highest BCUT2D eigenvalue weighted by Gasteiger charge is 2.27. The molecule has 0 fully saturated rings. The maximum atomic E-state index is 11.2. The van der Waals surface area contributed by atoms with E-state index in [0.29, 0.717) is 0 Å². The van der Waals surface area contributed by atoms with Gasteiger partial charge in [-0.2, -0.15) is 0 Å². The van der Waals surface area contributed by atoms with Crippen molar-refractivity contribution in [2.45, 2.75) is 38.5 Å². The van der Waals surface area contributed by atoms with Crippen molar-refractivity contribution in [3.63, 3.8) is 0 Å². The van der Waals surface area contributed by atoms with Crippen LogP contribution in [0.3, 0.4) is 0 Å². The Bertz CT molecular complexity index is 514. The largest absolute Gasteiger partial charge is 0.481 e. The third-order valence-corrected chi connectivity index (χ3v) is 4.17. The molecule has 94 valence electrons. The van der Waals surface area contributed by atoms with Crippen LogP contribution in [0, 0.1) is 5.92 Å². The second-order valence-corrected chi connectivity index (χ2v) is 5.32. The maximum Gasteiger partial charge on any atom is 0.310 e. The number of hydrogen-bond acceptors (Lipinski definition) is 1. The minimum absolute atomic E-state index is 0.299. The summed E-state index contributed by atoms with van der Waals surface area (Å²) in [6, 6.07) is 6.53. The van der Waals surface area contributed by atoms with Crippen LogP contribution >= 0.6 is 0 Å². The van der Waals surface area contributed by atoms with Crippen molar-refractivity contribution in [3.05, 3.63) is 41.0 Å². The Labute approximate surface area is 107 Å². The fraction of sp³-hybridized carbons (Fsp3) is 0.438. The summed E-state index contributed by atoms with van der Waals surface area (Å²) < 4.78 is 0. The zero-order valence-electron chi connectivity index (χ0n) is 10.5. The topological polar surface area (TPSA) is 37.3 Å². The first-order valence-electron chi connectivity index (χ1n) is 6.81. The number of aliphatic carboxylic acids is 1. The van der Waals surface area contributed by atoms with E-state index in [1.54, 1.807) is 0 Å². The summed E-state index contributed by atoms with van der Waals surface area (Å²) in [5, 5.41) is 9.24. The van der Waals surface area contributed by atoms with E-state index in [2.05, 4.69) is 24.3 Å². The maximum absolute atomic E-state index is 11.2. The van der Waals surface area contributed by atoms with Crippen LogP contribution in [0.4, 0.5) is 0 Å². The SMILES string of the molecule is O=C(O)C1CCC=C1c1ccc2c(c1)CCCC2. The molecule has 3 rings (SSSR count). The molecule has 0 saturated carbocycles. The number of rotatable bonds is 2. The Kier molecular flexibility index (Phi) is 2.94. The van der Waals surface area contributed by atoms with Gasteiger partial charge in [0.05, 0.1) is 5.92 Å². The van der Waals surface area contributed by atoms with Crippen molar-refractivity contribution in [2.24, 2.45) is 5.92 Å². The predicted molar refractivity (Wildman–Crippen MR) is 71.4 cm³/mol. The molecule has 2 aliphatic carbocycles. The number of allylic oxidation sites excluding steroid dienone is 1. The standard InChI is InChI=1S/C16H18O2/c17-16(18)15-7-3-6-14(15)13-9-8-11-4-1-2-5-12(11)10-13/h6,8-10,15H,1-5,7H2,(H,17,18). The van der Waals surface area contributed by atoms with Gasteiger partial charge in [0.25, 0.3) is 0 Å². The average Bonchev–Trinajstić information content (AvgIpc) is 2.87. The summed E-state index contributed by atoms with van der Waals surface area (Å²) in [5.41, 5.74) is 5.03. The second-order valence-electron chi connectivity index (χ2n) is 5.32. The van der Waals surface area contributed by atoms with Crippen LogP contribution in [-0.4, -0.2) is 11.1 Å². The van der Waals surface area contributed by atoms with Gasteiger partial charge < -0.3 is 5.11 Å².